The van der Waals surface area contributed by atoms with Crippen molar-refractivity contribution >= 4 is 28.5 Å². The van der Waals surface area contributed by atoms with E-state index in [9.17, 15) is 0 Å². The zero-order valence-corrected chi connectivity index (χ0v) is 36.6. The summed E-state index contributed by atoms with van der Waals surface area (Å²) in [6, 6.07) is 37.2. The Bertz CT molecular complexity index is 2370. The lowest BCUT2D eigenvalue weighted by molar-refractivity contribution is 0.126. The van der Waals surface area contributed by atoms with Gasteiger partial charge in [-0.05, 0) is 148 Å². The lowest BCUT2D eigenvalue weighted by Crippen LogP contribution is -2.46. The normalized spacial score (nSPS) is 23.0. The van der Waals surface area contributed by atoms with Crippen LogP contribution in [0.15, 0.2) is 144 Å². The summed E-state index contributed by atoms with van der Waals surface area (Å²) in [7, 11) is 0. The third kappa shape index (κ3) is 7.60. The Morgan fingerprint density at radius 2 is 1.33 bits per heavy atom. The van der Waals surface area contributed by atoms with Crippen LogP contribution >= 0.6 is 0 Å². The highest BCUT2D eigenvalue weighted by Crippen LogP contribution is 2.54. The molecule has 0 saturated heterocycles. The summed E-state index contributed by atoms with van der Waals surface area (Å²) in [5.74, 6) is 2.24. The fraction of sp³-hybridized carbons (Fsp3) is 0.393. The zero-order chi connectivity index (χ0) is 40.6. The van der Waals surface area contributed by atoms with Gasteiger partial charge in [0.2, 0.25) is 0 Å². The molecule has 0 heterocycles. The highest BCUT2D eigenvalue weighted by Gasteiger charge is 2.43. The van der Waals surface area contributed by atoms with Gasteiger partial charge in [0, 0.05) is 44.8 Å². The number of benzene rings is 4. The van der Waals surface area contributed by atoms with Gasteiger partial charge in [0.05, 0.1) is 5.70 Å². The van der Waals surface area contributed by atoms with Crippen LogP contribution in [0, 0.1) is 42.9 Å². The van der Waals surface area contributed by atoms with Crippen LogP contribution in [-0.2, 0) is 6.42 Å². The number of hydrogen-bond donors (Lipinski definition) is 0. The second-order valence-electron chi connectivity index (χ2n) is 18.4. The average Bonchev–Trinajstić information content (AvgIpc) is 3.25. The van der Waals surface area contributed by atoms with Gasteiger partial charge in [-0.1, -0.05) is 144 Å². The number of rotatable bonds is 11. The molecule has 4 aromatic rings. The number of anilines is 3. The van der Waals surface area contributed by atoms with E-state index in [0.29, 0.717) is 5.92 Å². The second kappa shape index (κ2) is 16.8. The van der Waals surface area contributed by atoms with Crippen molar-refractivity contribution in [3.05, 3.63) is 171 Å². The van der Waals surface area contributed by atoms with Crippen LogP contribution in [-0.4, -0.2) is 0 Å². The predicted molar refractivity (Wildman–Crippen MR) is 249 cm³/mol. The van der Waals surface area contributed by atoms with Gasteiger partial charge < -0.3 is 9.80 Å². The third-order valence-electron chi connectivity index (χ3n) is 14.2. The molecule has 8 rings (SSSR count). The molecule has 58 heavy (non-hydrogen) atoms. The van der Waals surface area contributed by atoms with Gasteiger partial charge in [0.25, 0.3) is 0 Å². The molecule has 0 aromatic heterocycles. The van der Waals surface area contributed by atoms with Gasteiger partial charge in [-0.2, -0.15) is 0 Å². The largest absolute Gasteiger partial charge is 0.317 e. The van der Waals surface area contributed by atoms with Gasteiger partial charge in [-0.3, -0.25) is 0 Å². The van der Waals surface area contributed by atoms with Crippen molar-refractivity contribution in [2.24, 2.45) is 29.1 Å². The predicted octanol–water partition coefficient (Wildman–Crippen LogP) is 13.8. The number of allylic oxidation sites excluding steroid dienone is 7. The maximum atomic E-state index is 2.72. The molecule has 300 valence electrons. The van der Waals surface area contributed by atoms with Crippen molar-refractivity contribution in [2.75, 3.05) is 9.80 Å². The molecule has 4 atom stereocenters. The monoisotopic (exact) mass is 767 g/mol. The van der Waals surface area contributed by atoms with Crippen molar-refractivity contribution in [2.45, 2.75) is 113 Å². The van der Waals surface area contributed by atoms with Crippen molar-refractivity contribution in [3.8, 4) is 0 Å². The first kappa shape index (κ1) is 40.0. The first-order valence-corrected chi connectivity index (χ1v) is 22.6. The summed E-state index contributed by atoms with van der Waals surface area (Å²) in [6.07, 6.45) is 20.8. The Hall–Kier alpha value is -4.82. The van der Waals surface area contributed by atoms with Crippen LogP contribution in [0.3, 0.4) is 0 Å². The summed E-state index contributed by atoms with van der Waals surface area (Å²) in [5, 5.41) is 2.64. The lowest BCUT2D eigenvalue weighted by atomic mass is 9.59. The molecule has 4 aliphatic rings. The topological polar surface area (TPSA) is 6.48 Å². The highest BCUT2D eigenvalue weighted by molar-refractivity contribution is 5.93. The van der Waals surface area contributed by atoms with E-state index in [0.717, 1.165) is 37.5 Å². The molecule has 4 aliphatic carbocycles. The molecule has 0 aliphatic heterocycles. The molecule has 0 bridgehead atoms. The minimum atomic E-state index is 0.172. The van der Waals surface area contributed by atoms with Crippen molar-refractivity contribution in [1.82, 2.24) is 0 Å². The molecule has 4 unspecified atom stereocenters. The molecule has 1 fully saturated rings. The lowest BCUT2D eigenvalue weighted by Gasteiger charge is -2.47. The fourth-order valence-electron chi connectivity index (χ4n) is 10.9. The van der Waals surface area contributed by atoms with Crippen LogP contribution in [0.5, 0.6) is 0 Å². The number of nitrogens with zero attached hydrogens (tertiary/aromatic N) is 2. The molecule has 2 nitrogen and oxygen atoms in total. The summed E-state index contributed by atoms with van der Waals surface area (Å²) in [5.41, 5.74) is 16.5. The number of fused-ring (bicyclic) bond motifs is 2. The maximum Gasteiger partial charge on any atom is 0.0579 e. The molecule has 0 amide bonds. The Labute approximate surface area is 350 Å². The van der Waals surface area contributed by atoms with E-state index in [1.807, 2.05) is 0 Å². The van der Waals surface area contributed by atoms with Crippen molar-refractivity contribution in [1.29, 1.82) is 0 Å². The number of aryl methyl sites for hydroxylation is 3. The van der Waals surface area contributed by atoms with Crippen LogP contribution in [0.4, 0.5) is 17.1 Å². The van der Waals surface area contributed by atoms with Crippen LogP contribution < -0.4 is 20.2 Å². The summed E-state index contributed by atoms with van der Waals surface area (Å²) in [4.78, 5) is 5.28. The smallest absolute Gasteiger partial charge is 0.0579 e. The van der Waals surface area contributed by atoms with Gasteiger partial charge in [0.15, 0.2) is 0 Å². The first-order valence-electron chi connectivity index (χ1n) is 22.6. The number of hydrogen-bond acceptors (Lipinski definition) is 2. The minimum absolute atomic E-state index is 0.172. The first-order chi connectivity index (χ1) is 28.1. The van der Waals surface area contributed by atoms with Crippen molar-refractivity contribution < 1.29 is 0 Å². The SMILES string of the molecule is CCc1ccc(N(C2=c3ccccc3=C(N(C3=CC=C(C(C)C)CC3)c3ccc(C)cc3)C3CC=C(C4(CC)CC(C)CC(CC)C4)C=C23)c2ccc(C)cc2)cc1. The molecule has 4 aromatic carbocycles. The van der Waals surface area contributed by atoms with E-state index in [-0.39, 0.29) is 11.3 Å². The Kier molecular flexibility index (Phi) is 11.6. The van der Waals surface area contributed by atoms with E-state index >= 15 is 0 Å². The van der Waals surface area contributed by atoms with Crippen LogP contribution in [0.2, 0.25) is 0 Å². The Morgan fingerprint density at radius 1 is 0.707 bits per heavy atom. The van der Waals surface area contributed by atoms with Crippen molar-refractivity contribution in [3.63, 3.8) is 0 Å². The average molecular weight is 767 g/mol. The van der Waals surface area contributed by atoms with E-state index in [4.69, 9.17) is 0 Å². The standard InChI is InChI=1S/C56H66N2/c1-9-42-20-29-48(30-21-42)58(47-27-18-40(7)19-28-47)55-51-15-13-12-14-50(51)54(57(46-25-16-39(6)17-26-46)49-31-22-44(23-32-49)38(4)5)52-33-24-45(35-53(52)55)56(11-3)36-41(8)34-43(10-2)37-56/h12-22,24-31,35,38,41,43,52H,9-11,23,32-34,36-37H2,1-8H3. The van der Waals surface area contributed by atoms with E-state index < -0.39 is 0 Å². The highest BCUT2D eigenvalue weighted by atomic mass is 15.2. The van der Waals surface area contributed by atoms with Crippen LogP contribution in [0.25, 0.3) is 11.4 Å². The van der Waals surface area contributed by atoms with Gasteiger partial charge >= 0.3 is 0 Å². The molecule has 2 heteroatoms. The molecule has 0 spiro atoms. The molecule has 0 N–H and O–H groups in total. The fourth-order valence-corrected chi connectivity index (χ4v) is 10.9. The maximum absolute atomic E-state index is 2.72. The Morgan fingerprint density at radius 3 is 1.90 bits per heavy atom. The summed E-state index contributed by atoms with van der Waals surface area (Å²) >= 11 is 0. The summed E-state index contributed by atoms with van der Waals surface area (Å²) in [6.45, 7) is 18.7. The van der Waals surface area contributed by atoms with E-state index in [1.165, 1.54) is 99.0 Å². The van der Waals surface area contributed by atoms with E-state index in [1.54, 1.807) is 11.1 Å². The second-order valence-corrected chi connectivity index (χ2v) is 18.4. The molecular weight excluding hydrogens is 701 g/mol. The molecule has 0 radical (unpaired) electrons. The summed E-state index contributed by atoms with van der Waals surface area (Å²) < 4.78 is 0. The van der Waals surface area contributed by atoms with Gasteiger partial charge in [0.1, 0.15) is 0 Å². The zero-order valence-electron chi connectivity index (χ0n) is 36.6. The molecule has 1 saturated carbocycles. The van der Waals surface area contributed by atoms with E-state index in [2.05, 4.69) is 187 Å². The van der Waals surface area contributed by atoms with Crippen LogP contribution in [0.1, 0.15) is 110 Å². The van der Waals surface area contributed by atoms with Gasteiger partial charge in [-0.15, -0.1) is 0 Å². The third-order valence-corrected chi connectivity index (χ3v) is 14.2. The Balaban J connectivity index is 1.45. The molecular formula is C56H66N2. The minimum Gasteiger partial charge on any atom is -0.317 e. The van der Waals surface area contributed by atoms with Gasteiger partial charge in [-0.25, -0.2) is 0 Å². The quantitative estimate of drug-likeness (QED) is 0.150.